The Bertz CT molecular complexity index is 216. The van der Waals surface area contributed by atoms with Crippen LogP contribution in [-0.2, 0) is 4.79 Å². The summed E-state index contributed by atoms with van der Waals surface area (Å²) < 4.78 is 0. The van der Waals surface area contributed by atoms with Gasteiger partial charge in [0.05, 0.1) is 6.10 Å². The summed E-state index contributed by atoms with van der Waals surface area (Å²) >= 11 is 0. The van der Waals surface area contributed by atoms with E-state index in [0.29, 0.717) is 12.0 Å². The Morgan fingerprint density at radius 3 is 2.31 bits per heavy atom. The second kappa shape index (κ2) is 4.39. The molecule has 2 unspecified atom stereocenters. The van der Waals surface area contributed by atoms with Crippen LogP contribution in [0.1, 0.15) is 27.2 Å². The number of aliphatic carboxylic acids is 1. The van der Waals surface area contributed by atoms with Crippen LogP contribution in [0.5, 0.6) is 0 Å². The molecule has 0 aromatic heterocycles. The fraction of sp³-hybridized carbons (Fsp3) is 0.667. The highest BCUT2D eigenvalue weighted by atomic mass is 16.4. The normalized spacial score (nSPS) is 19.3. The summed E-state index contributed by atoms with van der Waals surface area (Å²) in [5.41, 5.74) is -1.15. The van der Waals surface area contributed by atoms with E-state index in [9.17, 15) is 15.0 Å². The van der Waals surface area contributed by atoms with Gasteiger partial charge in [-0.2, -0.15) is 0 Å². The molecule has 0 aliphatic rings. The van der Waals surface area contributed by atoms with Gasteiger partial charge in [0.2, 0.25) is 0 Å². The van der Waals surface area contributed by atoms with Gasteiger partial charge >= 0.3 is 5.97 Å². The maximum atomic E-state index is 10.4. The monoisotopic (exact) mass is 188 g/mol. The highest BCUT2D eigenvalue weighted by molar-refractivity contribution is 5.81. The predicted molar refractivity (Wildman–Crippen MR) is 48.3 cm³/mol. The maximum absolute atomic E-state index is 10.4. The van der Waals surface area contributed by atoms with E-state index in [4.69, 9.17) is 5.11 Å². The van der Waals surface area contributed by atoms with Crippen LogP contribution in [0.3, 0.4) is 0 Å². The molecule has 0 aromatic rings. The van der Waals surface area contributed by atoms with E-state index in [1.165, 1.54) is 13.8 Å². The van der Waals surface area contributed by atoms with E-state index in [-0.39, 0.29) is 0 Å². The molecule has 0 aliphatic carbocycles. The van der Waals surface area contributed by atoms with E-state index in [1.807, 2.05) is 0 Å². The first-order valence-electron chi connectivity index (χ1n) is 4.16. The Morgan fingerprint density at radius 1 is 1.62 bits per heavy atom. The third kappa shape index (κ3) is 3.16. The molecule has 0 aromatic carbocycles. The zero-order chi connectivity index (χ0) is 10.6. The second-order valence-corrected chi connectivity index (χ2v) is 3.18. The molecule has 0 saturated heterocycles. The standard InChI is InChI=1S/C9H16O4/c1-4-7(5-8(11)12)9(3,13)6(2)10/h5-6,10,13H,4H2,1-3H3,(H,11,12)/b7-5+. The topological polar surface area (TPSA) is 77.8 Å². The van der Waals surface area contributed by atoms with Gasteiger partial charge in [-0.15, -0.1) is 0 Å². The van der Waals surface area contributed by atoms with Crippen molar-refractivity contribution in [2.24, 2.45) is 0 Å². The SMILES string of the molecule is CC/C(=C\C(=O)O)C(C)(O)C(C)O. The van der Waals surface area contributed by atoms with Gasteiger partial charge in [0.15, 0.2) is 0 Å². The largest absolute Gasteiger partial charge is 0.478 e. The summed E-state index contributed by atoms with van der Waals surface area (Å²) in [6.07, 6.45) is 0.342. The molecule has 4 heteroatoms. The van der Waals surface area contributed by atoms with Crippen molar-refractivity contribution >= 4 is 5.97 Å². The number of carbonyl (C=O) groups is 1. The van der Waals surface area contributed by atoms with Gasteiger partial charge in [-0.25, -0.2) is 4.79 Å². The molecule has 0 heterocycles. The molecular weight excluding hydrogens is 172 g/mol. The van der Waals surface area contributed by atoms with Crippen molar-refractivity contribution in [2.75, 3.05) is 0 Å². The number of rotatable bonds is 4. The Balaban J connectivity index is 4.87. The number of aliphatic hydroxyl groups excluding tert-OH is 1. The van der Waals surface area contributed by atoms with Gasteiger partial charge in [-0.05, 0) is 25.8 Å². The quantitative estimate of drug-likeness (QED) is 0.563. The zero-order valence-corrected chi connectivity index (χ0v) is 8.11. The Labute approximate surface area is 77.5 Å². The number of carboxylic acid groups (broad SMARTS) is 1. The fourth-order valence-electron chi connectivity index (χ4n) is 1.02. The predicted octanol–water partition coefficient (Wildman–Crippen LogP) is 0.539. The van der Waals surface area contributed by atoms with Crippen molar-refractivity contribution < 1.29 is 20.1 Å². The molecule has 0 spiro atoms. The van der Waals surface area contributed by atoms with E-state index in [0.717, 1.165) is 6.08 Å². The van der Waals surface area contributed by atoms with Crippen LogP contribution in [-0.4, -0.2) is 33.0 Å². The summed E-state index contributed by atoms with van der Waals surface area (Å²) in [7, 11) is 0. The van der Waals surface area contributed by atoms with E-state index in [2.05, 4.69) is 0 Å². The maximum Gasteiger partial charge on any atom is 0.328 e. The van der Waals surface area contributed by atoms with Gasteiger partial charge in [0.1, 0.15) is 5.60 Å². The van der Waals surface area contributed by atoms with Crippen LogP contribution in [0.2, 0.25) is 0 Å². The molecule has 2 atom stereocenters. The first-order chi connectivity index (χ1) is 5.82. The third-order valence-corrected chi connectivity index (χ3v) is 2.14. The average molecular weight is 188 g/mol. The lowest BCUT2D eigenvalue weighted by molar-refractivity contribution is -0.131. The highest BCUT2D eigenvalue weighted by Gasteiger charge is 2.30. The van der Waals surface area contributed by atoms with Gasteiger partial charge in [-0.1, -0.05) is 6.92 Å². The van der Waals surface area contributed by atoms with Crippen molar-refractivity contribution in [2.45, 2.75) is 38.9 Å². The van der Waals surface area contributed by atoms with Gasteiger partial charge < -0.3 is 15.3 Å². The van der Waals surface area contributed by atoms with E-state index in [1.54, 1.807) is 6.92 Å². The lowest BCUT2D eigenvalue weighted by Gasteiger charge is -2.28. The summed E-state index contributed by atoms with van der Waals surface area (Å²) in [5, 5.41) is 27.4. The molecule has 3 N–H and O–H groups in total. The Kier molecular flexibility index (Phi) is 4.10. The summed E-state index contributed by atoms with van der Waals surface area (Å²) in [4.78, 5) is 10.4. The van der Waals surface area contributed by atoms with Gasteiger partial charge in [0.25, 0.3) is 0 Å². The minimum atomic E-state index is -1.47. The number of hydrogen-bond acceptors (Lipinski definition) is 3. The van der Waals surface area contributed by atoms with Crippen LogP contribution in [0.15, 0.2) is 11.6 Å². The molecule has 0 rings (SSSR count). The fourth-order valence-corrected chi connectivity index (χ4v) is 1.02. The van der Waals surface area contributed by atoms with Crippen molar-refractivity contribution in [1.82, 2.24) is 0 Å². The minimum Gasteiger partial charge on any atom is -0.478 e. The van der Waals surface area contributed by atoms with Crippen LogP contribution in [0.4, 0.5) is 0 Å². The third-order valence-electron chi connectivity index (χ3n) is 2.14. The molecule has 0 aliphatic heterocycles. The molecule has 0 fully saturated rings. The first kappa shape index (κ1) is 12.1. The molecular formula is C9H16O4. The van der Waals surface area contributed by atoms with Crippen LogP contribution >= 0.6 is 0 Å². The van der Waals surface area contributed by atoms with Crippen LogP contribution in [0, 0.1) is 0 Å². The smallest absolute Gasteiger partial charge is 0.328 e. The average Bonchev–Trinajstić information content (AvgIpc) is 1.99. The molecule has 0 radical (unpaired) electrons. The lowest BCUT2D eigenvalue weighted by Crippen LogP contribution is -2.39. The molecule has 4 nitrogen and oxygen atoms in total. The second-order valence-electron chi connectivity index (χ2n) is 3.18. The summed E-state index contributed by atoms with van der Waals surface area (Å²) in [6, 6.07) is 0. The zero-order valence-electron chi connectivity index (χ0n) is 8.11. The van der Waals surface area contributed by atoms with Crippen molar-refractivity contribution in [1.29, 1.82) is 0 Å². The number of aliphatic hydroxyl groups is 2. The van der Waals surface area contributed by atoms with Crippen molar-refractivity contribution in [3.05, 3.63) is 11.6 Å². The van der Waals surface area contributed by atoms with Crippen LogP contribution < -0.4 is 0 Å². The molecule has 0 amide bonds. The van der Waals surface area contributed by atoms with Crippen molar-refractivity contribution in [3.63, 3.8) is 0 Å². The Hall–Kier alpha value is -0.870. The summed E-state index contributed by atoms with van der Waals surface area (Å²) in [6.45, 7) is 4.55. The molecule has 0 saturated carbocycles. The number of hydrogen-bond donors (Lipinski definition) is 3. The molecule has 76 valence electrons. The highest BCUT2D eigenvalue weighted by Crippen LogP contribution is 2.23. The van der Waals surface area contributed by atoms with E-state index < -0.39 is 17.7 Å². The minimum absolute atomic E-state index is 0.315. The van der Waals surface area contributed by atoms with E-state index >= 15 is 0 Å². The van der Waals surface area contributed by atoms with Crippen molar-refractivity contribution in [3.8, 4) is 0 Å². The number of carboxylic acids is 1. The van der Waals surface area contributed by atoms with Crippen LogP contribution in [0.25, 0.3) is 0 Å². The summed E-state index contributed by atoms with van der Waals surface area (Å²) in [5.74, 6) is -1.11. The molecule has 13 heavy (non-hydrogen) atoms. The molecule has 0 bridgehead atoms. The Morgan fingerprint density at radius 2 is 2.08 bits per heavy atom. The van der Waals surface area contributed by atoms with Gasteiger partial charge in [0, 0.05) is 6.08 Å². The first-order valence-corrected chi connectivity index (χ1v) is 4.16. The lowest BCUT2D eigenvalue weighted by atomic mass is 9.88. The van der Waals surface area contributed by atoms with Gasteiger partial charge in [-0.3, -0.25) is 0 Å².